The number of benzene rings is 1. The van der Waals surface area contributed by atoms with E-state index in [9.17, 15) is 4.79 Å². The van der Waals surface area contributed by atoms with Crippen LogP contribution < -0.4 is 15.8 Å². The summed E-state index contributed by atoms with van der Waals surface area (Å²) >= 11 is 0. The van der Waals surface area contributed by atoms with Crippen LogP contribution in [0.4, 0.5) is 10.5 Å². The van der Waals surface area contributed by atoms with Gasteiger partial charge in [-0.25, -0.2) is 4.79 Å². The van der Waals surface area contributed by atoms with Crippen molar-refractivity contribution in [2.45, 2.75) is 32.8 Å². The molecular formula is C15H21N3O3. The Morgan fingerprint density at radius 2 is 2.14 bits per heavy atom. The van der Waals surface area contributed by atoms with Gasteiger partial charge in [0.05, 0.1) is 23.9 Å². The van der Waals surface area contributed by atoms with Crippen LogP contribution in [0.1, 0.15) is 32.8 Å². The van der Waals surface area contributed by atoms with Gasteiger partial charge in [-0.3, -0.25) is 0 Å². The number of hydrogen-bond acceptors (Lipinski definition) is 5. The van der Waals surface area contributed by atoms with Crippen molar-refractivity contribution in [3.8, 4) is 11.8 Å². The number of amides is 1. The third-order valence-corrected chi connectivity index (χ3v) is 2.39. The second-order valence-corrected chi connectivity index (χ2v) is 5.50. The van der Waals surface area contributed by atoms with Crippen molar-refractivity contribution in [1.29, 1.82) is 5.26 Å². The lowest BCUT2D eigenvalue weighted by atomic mass is 10.2. The summed E-state index contributed by atoms with van der Waals surface area (Å²) in [6.07, 6.45) is 0.180. The highest BCUT2D eigenvalue weighted by molar-refractivity contribution is 5.67. The predicted octanol–water partition coefficient (Wildman–Crippen LogP) is 2.43. The highest BCUT2D eigenvalue weighted by Gasteiger charge is 2.15. The van der Waals surface area contributed by atoms with Gasteiger partial charge < -0.3 is 20.5 Å². The number of carbonyl (C=O) groups is 1. The molecule has 0 unspecified atom stereocenters. The minimum atomic E-state index is -0.502. The Kier molecular flexibility index (Phi) is 5.85. The summed E-state index contributed by atoms with van der Waals surface area (Å²) in [5.41, 5.74) is 6.18. The third kappa shape index (κ3) is 6.52. The Morgan fingerprint density at radius 1 is 1.43 bits per heavy atom. The molecule has 1 aromatic carbocycles. The summed E-state index contributed by atoms with van der Waals surface area (Å²) < 4.78 is 10.6. The molecule has 0 aliphatic rings. The summed E-state index contributed by atoms with van der Waals surface area (Å²) in [6.45, 7) is 6.28. The molecule has 0 radical (unpaired) electrons. The molecule has 0 spiro atoms. The molecule has 0 atom stereocenters. The molecule has 21 heavy (non-hydrogen) atoms. The van der Waals surface area contributed by atoms with Crippen LogP contribution in [0.2, 0.25) is 0 Å². The highest BCUT2D eigenvalue weighted by Crippen LogP contribution is 2.22. The molecule has 6 nitrogen and oxygen atoms in total. The number of nitriles is 1. The molecule has 0 heterocycles. The van der Waals surface area contributed by atoms with E-state index in [2.05, 4.69) is 5.32 Å². The van der Waals surface area contributed by atoms with Crippen LogP contribution >= 0.6 is 0 Å². The minimum absolute atomic E-state index is 0.409. The SMILES string of the molecule is CC(C)(C)OC(=O)NCCCOc1ccc(C#N)cc1N. The zero-order chi connectivity index (χ0) is 15.9. The van der Waals surface area contributed by atoms with Crippen LogP contribution in [0.3, 0.4) is 0 Å². The maximum absolute atomic E-state index is 11.4. The lowest BCUT2D eigenvalue weighted by Gasteiger charge is -2.19. The van der Waals surface area contributed by atoms with E-state index in [1.54, 1.807) is 18.2 Å². The number of alkyl carbamates (subject to hydrolysis) is 1. The molecule has 6 heteroatoms. The molecule has 1 aromatic rings. The molecule has 0 saturated carbocycles. The first kappa shape index (κ1) is 16.6. The quantitative estimate of drug-likeness (QED) is 0.641. The maximum Gasteiger partial charge on any atom is 0.407 e. The van der Waals surface area contributed by atoms with Gasteiger partial charge in [-0.1, -0.05) is 0 Å². The molecule has 0 bridgehead atoms. The number of rotatable bonds is 5. The topological polar surface area (TPSA) is 97.4 Å². The second kappa shape index (κ2) is 7.39. The fourth-order valence-corrected chi connectivity index (χ4v) is 1.51. The van der Waals surface area contributed by atoms with Crippen LogP contribution in [0.5, 0.6) is 5.75 Å². The van der Waals surface area contributed by atoms with E-state index in [4.69, 9.17) is 20.5 Å². The Morgan fingerprint density at radius 3 is 2.71 bits per heavy atom. The monoisotopic (exact) mass is 291 g/mol. The van der Waals surface area contributed by atoms with Gasteiger partial charge in [0.1, 0.15) is 11.4 Å². The number of nitrogen functional groups attached to an aromatic ring is 1. The molecule has 1 amide bonds. The third-order valence-electron chi connectivity index (χ3n) is 2.39. The normalized spacial score (nSPS) is 10.6. The van der Waals surface area contributed by atoms with Gasteiger partial charge in [0.2, 0.25) is 0 Å². The molecule has 0 fully saturated rings. The molecule has 3 N–H and O–H groups in total. The van der Waals surface area contributed by atoms with Crippen LogP contribution in [0.15, 0.2) is 18.2 Å². The smallest absolute Gasteiger partial charge is 0.407 e. The van der Waals surface area contributed by atoms with Gasteiger partial charge in [0.25, 0.3) is 0 Å². The molecule has 0 aromatic heterocycles. The lowest BCUT2D eigenvalue weighted by molar-refractivity contribution is 0.0525. The van der Waals surface area contributed by atoms with E-state index < -0.39 is 11.7 Å². The Bertz CT molecular complexity index is 530. The van der Waals surface area contributed by atoms with Crippen molar-refractivity contribution in [1.82, 2.24) is 5.32 Å². The van der Waals surface area contributed by atoms with E-state index in [1.807, 2.05) is 26.8 Å². The number of nitrogens with one attached hydrogen (secondary N) is 1. The summed E-state index contributed by atoms with van der Waals surface area (Å²) in [6, 6.07) is 6.87. The minimum Gasteiger partial charge on any atom is -0.491 e. The van der Waals surface area contributed by atoms with Crippen molar-refractivity contribution >= 4 is 11.8 Å². The van der Waals surface area contributed by atoms with Crippen LogP contribution in [-0.2, 0) is 4.74 Å². The van der Waals surface area contributed by atoms with Crippen LogP contribution in [0.25, 0.3) is 0 Å². The van der Waals surface area contributed by atoms with Gasteiger partial charge in [0, 0.05) is 6.54 Å². The summed E-state index contributed by atoms with van der Waals surface area (Å²) in [7, 11) is 0. The Hall–Kier alpha value is -2.42. The van der Waals surface area contributed by atoms with Crippen LogP contribution in [-0.4, -0.2) is 24.8 Å². The first-order valence-electron chi connectivity index (χ1n) is 6.71. The number of nitrogens with two attached hydrogens (primary N) is 1. The zero-order valence-electron chi connectivity index (χ0n) is 12.6. The number of ether oxygens (including phenoxy) is 2. The predicted molar refractivity (Wildman–Crippen MR) is 79.9 cm³/mol. The van der Waals surface area contributed by atoms with E-state index in [1.165, 1.54) is 0 Å². The number of nitrogens with zero attached hydrogens (tertiary/aromatic N) is 1. The van der Waals surface area contributed by atoms with Crippen molar-refractivity contribution < 1.29 is 14.3 Å². The molecule has 0 aliphatic heterocycles. The summed E-state index contributed by atoms with van der Waals surface area (Å²) in [5.74, 6) is 0.534. The van der Waals surface area contributed by atoms with Crippen molar-refractivity contribution in [2.24, 2.45) is 0 Å². The average Bonchev–Trinajstić information content (AvgIpc) is 2.37. The van der Waals surface area contributed by atoms with Gasteiger partial charge in [0.15, 0.2) is 0 Å². The second-order valence-electron chi connectivity index (χ2n) is 5.50. The van der Waals surface area contributed by atoms with E-state index in [0.717, 1.165) is 0 Å². The first-order chi connectivity index (χ1) is 9.81. The van der Waals surface area contributed by atoms with E-state index in [-0.39, 0.29) is 0 Å². The number of hydrogen-bond donors (Lipinski definition) is 2. The van der Waals surface area contributed by atoms with Gasteiger partial charge >= 0.3 is 6.09 Å². The molecule has 0 saturated heterocycles. The van der Waals surface area contributed by atoms with Crippen molar-refractivity contribution in [2.75, 3.05) is 18.9 Å². The van der Waals surface area contributed by atoms with Gasteiger partial charge in [-0.05, 0) is 45.4 Å². The summed E-state index contributed by atoms with van der Waals surface area (Å²) in [5, 5.41) is 11.4. The largest absolute Gasteiger partial charge is 0.491 e. The van der Waals surface area contributed by atoms with E-state index in [0.29, 0.717) is 36.6 Å². The lowest BCUT2D eigenvalue weighted by Crippen LogP contribution is -2.33. The van der Waals surface area contributed by atoms with Gasteiger partial charge in [-0.2, -0.15) is 5.26 Å². The maximum atomic E-state index is 11.4. The van der Waals surface area contributed by atoms with Gasteiger partial charge in [-0.15, -0.1) is 0 Å². The molecular weight excluding hydrogens is 270 g/mol. The fourth-order valence-electron chi connectivity index (χ4n) is 1.51. The standard InChI is InChI=1S/C15H21N3O3/c1-15(2,3)21-14(19)18-7-4-8-20-13-6-5-11(10-16)9-12(13)17/h5-6,9H,4,7-8,17H2,1-3H3,(H,18,19). The fraction of sp³-hybridized carbons (Fsp3) is 0.467. The molecule has 1 rings (SSSR count). The van der Waals surface area contributed by atoms with E-state index >= 15 is 0 Å². The number of carbonyl (C=O) groups excluding carboxylic acids is 1. The molecule has 0 aliphatic carbocycles. The zero-order valence-corrected chi connectivity index (χ0v) is 12.6. The highest BCUT2D eigenvalue weighted by atomic mass is 16.6. The number of anilines is 1. The average molecular weight is 291 g/mol. The van der Waals surface area contributed by atoms with Crippen LogP contribution in [0, 0.1) is 11.3 Å². The van der Waals surface area contributed by atoms with Crippen molar-refractivity contribution in [3.63, 3.8) is 0 Å². The Labute approximate surface area is 124 Å². The van der Waals surface area contributed by atoms with Crippen molar-refractivity contribution in [3.05, 3.63) is 23.8 Å². The Balaban J connectivity index is 2.26. The summed E-state index contributed by atoms with van der Waals surface area (Å²) in [4.78, 5) is 11.4. The molecule has 114 valence electrons. The first-order valence-corrected chi connectivity index (χ1v) is 6.71.